The van der Waals surface area contributed by atoms with Gasteiger partial charge in [-0.1, -0.05) is 61.9 Å². The van der Waals surface area contributed by atoms with Gasteiger partial charge in [0.15, 0.2) is 0 Å². The van der Waals surface area contributed by atoms with Gasteiger partial charge < -0.3 is 5.73 Å². The number of nitrogens with two attached hydrogens (primary N) is 1. The van der Waals surface area contributed by atoms with Gasteiger partial charge in [-0.25, -0.2) is 4.98 Å². The van der Waals surface area contributed by atoms with Crippen molar-refractivity contribution in [1.82, 2.24) is 15.2 Å². The molecule has 1 unspecified atom stereocenters. The number of imide groups is 1. The third kappa shape index (κ3) is 4.93. The lowest BCUT2D eigenvalue weighted by molar-refractivity contribution is -0.133. The van der Waals surface area contributed by atoms with E-state index < -0.39 is 23.6 Å². The maximum atomic E-state index is 13.6. The predicted octanol–water partition coefficient (Wildman–Crippen LogP) is 3.95. The van der Waals surface area contributed by atoms with E-state index in [9.17, 15) is 14.4 Å². The number of aromatic nitrogens is 1. The van der Waals surface area contributed by atoms with E-state index in [4.69, 9.17) is 5.73 Å². The monoisotopic (exact) mass is 484 g/mol. The number of amides is 2. The Labute approximate surface area is 211 Å². The number of aryl methyl sites for hydroxylation is 3. The van der Waals surface area contributed by atoms with Crippen LogP contribution in [0, 0.1) is 20.8 Å². The summed E-state index contributed by atoms with van der Waals surface area (Å²) in [7, 11) is 0. The van der Waals surface area contributed by atoms with Crippen LogP contribution in [0.15, 0.2) is 54.6 Å². The highest BCUT2D eigenvalue weighted by molar-refractivity contribution is 6.44. The maximum absolute atomic E-state index is 13.6. The Kier molecular flexibility index (Phi) is 6.78. The molecule has 0 fully saturated rings. The molecule has 7 heteroatoms. The Morgan fingerprint density at radius 2 is 1.69 bits per heavy atom. The Balaban J connectivity index is 1.69. The van der Waals surface area contributed by atoms with Crippen LogP contribution in [0.5, 0.6) is 0 Å². The van der Waals surface area contributed by atoms with Crippen LogP contribution in [-0.4, -0.2) is 34.0 Å². The average molecular weight is 485 g/mol. The second-order valence-corrected chi connectivity index (χ2v) is 10.3. The number of nitrogen functional groups attached to an aromatic ring is 1. The molecule has 1 aromatic heterocycles. The fourth-order valence-electron chi connectivity index (χ4n) is 5.28. The molecular weight excluding hydrogens is 452 g/mol. The summed E-state index contributed by atoms with van der Waals surface area (Å²) in [6.45, 7) is 11.7. The molecular formula is C29H32N4O3. The number of benzene rings is 2. The SMILES string of the molecule is Cc1cc(C)c(CN2CC(C)(C)c3ccccc3C2C(=O)NC(=O)C(=O)c2cccc(N)n2)c(C)c1. The number of ketones is 1. The summed E-state index contributed by atoms with van der Waals surface area (Å²) in [6, 6.07) is 15.8. The molecule has 1 aliphatic heterocycles. The summed E-state index contributed by atoms with van der Waals surface area (Å²) in [4.78, 5) is 45.1. The molecule has 4 rings (SSSR count). The first-order valence-electron chi connectivity index (χ1n) is 12.0. The molecule has 0 bridgehead atoms. The molecule has 1 atom stereocenters. The lowest BCUT2D eigenvalue weighted by atomic mass is 9.75. The van der Waals surface area contributed by atoms with Crippen LogP contribution < -0.4 is 11.1 Å². The number of carbonyl (C=O) groups excluding carboxylic acids is 3. The largest absolute Gasteiger partial charge is 0.384 e. The van der Waals surface area contributed by atoms with Gasteiger partial charge in [0, 0.05) is 18.5 Å². The summed E-state index contributed by atoms with van der Waals surface area (Å²) in [6.07, 6.45) is 0. The highest BCUT2D eigenvalue weighted by atomic mass is 16.2. The lowest BCUT2D eigenvalue weighted by Crippen LogP contribution is -2.51. The van der Waals surface area contributed by atoms with Crippen molar-refractivity contribution in [2.45, 2.75) is 52.6 Å². The normalized spacial score (nSPS) is 16.8. The zero-order valence-corrected chi connectivity index (χ0v) is 21.4. The van der Waals surface area contributed by atoms with Gasteiger partial charge in [0.2, 0.25) is 5.91 Å². The summed E-state index contributed by atoms with van der Waals surface area (Å²) < 4.78 is 0. The van der Waals surface area contributed by atoms with Gasteiger partial charge >= 0.3 is 5.91 Å². The highest BCUT2D eigenvalue weighted by Crippen LogP contribution is 2.40. The van der Waals surface area contributed by atoms with E-state index in [1.165, 1.54) is 23.8 Å². The van der Waals surface area contributed by atoms with Crippen molar-refractivity contribution in [1.29, 1.82) is 0 Å². The lowest BCUT2D eigenvalue weighted by Gasteiger charge is -2.44. The third-order valence-electron chi connectivity index (χ3n) is 6.84. The van der Waals surface area contributed by atoms with Crippen LogP contribution in [0.2, 0.25) is 0 Å². The Morgan fingerprint density at radius 1 is 1.03 bits per heavy atom. The topological polar surface area (TPSA) is 105 Å². The molecule has 1 aliphatic rings. The van der Waals surface area contributed by atoms with Crippen molar-refractivity contribution in [2.24, 2.45) is 0 Å². The minimum atomic E-state index is -1.02. The maximum Gasteiger partial charge on any atom is 0.300 e. The first-order valence-corrected chi connectivity index (χ1v) is 12.0. The fraction of sp³-hybridized carbons (Fsp3) is 0.310. The van der Waals surface area contributed by atoms with Gasteiger partial charge in [0.25, 0.3) is 5.78 Å². The van der Waals surface area contributed by atoms with Crippen molar-refractivity contribution in [3.8, 4) is 0 Å². The van der Waals surface area contributed by atoms with Crippen molar-refractivity contribution >= 4 is 23.4 Å². The Bertz CT molecular complexity index is 1340. The number of anilines is 1. The van der Waals surface area contributed by atoms with Gasteiger partial charge in [-0.15, -0.1) is 0 Å². The predicted molar refractivity (Wildman–Crippen MR) is 139 cm³/mol. The zero-order valence-electron chi connectivity index (χ0n) is 21.4. The van der Waals surface area contributed by atoms with E-state index in [2.05, 4.69) is 62.0 Å². The summed E-state index contributed by atoms with van der Waals surface area (Å²) in [5.74, 6) is -2.35. The van der Waals surface area contributed by atoms with Gasteiger partial charge in [-0.3, -0.25) is 24.6 Å². The van der Waals surface area contributed by atoms with Crippen LogP contribution in [-0.2, 0) is 21.5 Å². The van der Waals surface area contributed by atoms with Crippen LogP contribution in [0.3, 0.4) is 0 Å². The quantitative estimate of drug-likeness (QED) is 0.420. The smallest absolute Gasteiger partial charge is 0.300 e. The van der Waals surface area contributed by atoms with E-state index in [0.29, 0.717) is 13.1 Å². The van der Waals surface area contributed by atoms with E-state index in [-0.39, 0.29) is 16.9 Å². The highest BCUT2D eigenvalue weighted by Gasteiger charge is 2.42. The van der Waals surface area contributed by atoms with E-state index in [0.717, 1.165) is 27.8 Å². The standard InChI is InChI=1S/C29H32N4O3/c1-17-13-18(2)21(19(3)14-17)15-33-16-29(4,5)22-10-7-6-9-20(22)25(33)27(35)32-28(36)26(34)23-11-8-12-24(30)31-23/h6-14,25H,15-16H2,1-5H3,(H2,30,31)(H,32,35,36). The summed E-state index contributed by atoms with van der Waals surface area (Å²) in [5.41, 5.74) is 11.9. The van der Waals surface area contributed by atoms with Crippen LogP contribution in [0.1, 0.15) is 63.8 Å². The van der Waals surface area contributed by atoms with Crippen LogP contribution >= 0.6 is 0 Å². The van der Waals surface area contributed by atoms with Gasteiger partial charge in [-0.05, 0) is 60.7 Å². The van der Waals surface area contributed by atoms with Gasteiger partial charge in [-0.2, -0.15) is 0 Å². The minimum Gasteiger partial charge on any atom is -0.384 e. The molecule has 2 heterocycles. The molecule has 0 saturated heterocycles. The molecule has 0 saturated carbocycles. The summed E-state index contributed by atoms with van der Waals surface area (Å²) in [5, 5.41) is 2.34. The second-order valence-electron chi connectivity index (χ2n) is 10.3. The number of nitrogens with one attached hydrogen (secondary N) is 1. The second kappa shape index (κ2) is 9.66. The van der Waals surface area contributed by atoms with Gasteiger partial charge in [0.1, 0.15) is 17.6 Å². The van der Waals surface area contributed by atoms with Crippen molar-refractivity contribution in [2.75, 3.05) is 12.3 Å². The molecule has 0 aliphatic carbocycles. The molecule has 186 valence electrons. The van der Waals surface area contributed by atoms with Crippen LogP contribution in [0.25, 0.3) is 0 Å². The zero-order chi connectivity index (χ0) is 26.2. The molecule has 0 radical (unpaired) electrons. The molecule has 2 aromatic carbocycles. The van der Waals surface area contributed by atoms with E-state index >= 15 is 0 Å². The molecule has 0 spiro atoms. The number of fused-ring (bicyclic) bond motifs is 1. The number of hydrogen-bond acceptors (Lipinski definition) is 6. The van der Waals surface area contributed by atoms with Crippen molar-refractivity contribution in [3.05, 3.63) is 93.7 Å². The first-order chi connectivity index (χ1) is 17.0. The van der Waals surface area contributed by atoms with Gasteiger partial charge in [0.05, 0.1) is 0 Å². The third-order valence-corrected chi connectivity index (χ3v) is 6.84. The number of hydrogen-bond donors (Lipinski definition) is 2. The first kappa shape index (κ1) is 25.3. The van der Waals surface area contributed by atoms with Crippen molar-refractivity contribution in [3.63, 3.8) is 0 Å². The Morgan fingerprint density at radius 3 is 2.36 bits per heavy atom. The molecule has 7 nitrogen and oxygen atoms in total. The molecule has 2 amide bonds. The van der Waals surface area contributed by atoms with E-state index in [1.807, 2.05) is 24.3 Å². The molecule has 36 heavy (non-hydrogen) atoms. The molecule has 3 N–H and O–H groups in total. The number of Topliss-reactive ketones (excluding diaryl/α,β-unsaturated/α-hetero) is 1. The number of rotatable bonds is 5. The minimum absolute atomic E-state index is 0.103. The fourth-order valence-corrected chi connectivity index (χ4v) is 5.28. The van der Waals surface area contributed by atoms with Crippen molar-refractivity contribution < 1.29 is 14.4 Å². The number of carbonyl (C=O) groups is 3. The number of pyridine rings is 1. The van der Waals surface area contributed by atoms with Crippen LogP contribution in [0.4, 0.5) is 5.82 Å². The molecule has 3 aromatic rings. The number of nitrogens with zero attached hydrogens (tertiary/aromatic N) is 2. The van der Waals surface area contributed by atoms with E-state index in [1.54, 1.807) is 0 Å². The summed E-state index contributed by atoms with van der Waals surface area (Å²) >= 11 is 0. The Hall–Kier alpha value is -3.84. The average Bonchev–Trinajstić information content (AvgIpc) is 2.80.